The van der Waals surface area contributed by atoms with Gasteiger partial charge in [-0.1, -0.05) is 26.2 Å². The van der Waals surface area contributed by atoms with E-state index in [0.29, 0.717) is 5.92 Å². The van der Waals surface area contributed by atoms with Gasteiger partial charge in [-0.05, 0) is 30.9 Å². The Hall–Kier alpha value is -1.69. The Morgan fingerprint density at radius 2 is 1.81 bits per heavy atom. The van der Waals surface area contributed by atoms with Crippen molar-refractivity contribution in [3.8, 4) is 0 Å². The van der Waals surface area contributed by atoms with Gasteiger partial charge in [-0.15, -0.1) is 0 Å². The topological polar surface area (TPSA) is 67.2 Å². The first-order chi connectivity index (χ1) is 10.0. The Balaban J connectivity index is 2.13. The summed E-state index contributed by atoms with van der Waals surface area (Å²) in [7, 11) is 0. The predicted octanol–water partition coefficient (Wildman–Crippen LogP) is 2.95. The van der Waals surface area contributed by atoms with Gasteiger partial charge in [0.15, 0.2) is 11.6 Å². The maximum absolute atomic E-state index is 13.6. The van der Waals surface area contributed by atoms with Gasteiger partial charge in [-0.3, -0.25) is 10.6 Å². The number of hydrazine groups is 1. The van der Waals surface area contributed by atoms with E-state index >= 15 is 0 Å². The summed E-state index contributed by atoms with van der Waals surface area (Å²) in [5, 5.41) is 2.89. The lowest BCUT2D eigenvalue weighted by Gasteiger charge is -2.23. The van der Waals surface area contributed by atoms with Crippen molar-refractivity contribution >= 4 is 11.6 Å². The van der Waals surface area contributed by atoms with Crippen LogP contribution in [-0.4, -0.2) is 11.9 Å². The van der Waals surface area contributed by atoms with E-state index < -0.39 is 23.2 Å². The van der Waals surface area contributed by atoms with Crippen LogP contribution in [0.25, 0.3) is 0 Å². The fourth-order valence-electron chi connectivity index (χ4n) is 2.80. The number of amides is 1. The molecule has 0 saturated heterocycles. The average molecular weight is 297 g/mol. The van der Waals surface area contributed by atoms with E-state index in [2.05, 4.69) is 12.2 Å². The highest BCUT2D eigenvalue weighted by Crippen LogP contribution is 2.24. The summed E-state index contributed by atoms with van der Waals surface area (Å²) in [6.07, 6.45) is 5.35. The summed E-state index contributed by atoms with van der Waals surface area (Å²) in [4.78, 5) is 12.2. The van der Waals surface area contributed by atoms with Gasteiger partial charge >= 0.3 is 0 Å². The van der Waals surface area contributed by atoms with Crippen molar-refractivity contribution < 1.29 is 13.6 Å². The first-order valence-electron chi connectivity index (χ1n) is 7.29. The van der Waals surface area contributed by atoms with E-state index in [9.17, 15) is 13.6 Å². The lowest BCUT2D eigenvalue weighted by molar-refractivity contribution is 0.0920. The van der Waals surface area contributed by atoms with Crippen LogP contribution in [0.5, 0.6) is 0 Å². The van der Waals surface area contributed by atoms with Gasteiger partial charge < -0.3 is 10.7 Å². The molecule has 1 saturated carbocycles. The zero-order valence-electron chi connectivity index (χ0n) is 12.1. The van der Waals surface area contributed by atoms with E-state index in [-0.39, 0.29) is 11.6 Å². The zero-order chi connectivity index (χ0) is 15.4. The van der Waals surface area contributed by atoms with Gasteiger partial charge in [-0.2, -0.15) is 0 Å². The smallest absolute Gasteiger partial charge is 0.251 e. The Kier molecular flexibility index (Phi) is 5.12. The highest BCUT2D eigenvalue weighted by Gasteiger charge is 2.23. The van der Waals surface area contributed by atoms with Crippen LogP contribution in [0.3, 0.4) is 0 Å². The molecule has 6 heteroatoms. The number of carbonyl (C=O) groups excluding carboxylic acids is 1. The van der Waals surface area contributed by atoms with Crippen LogP contribution in [0.1, 0.15) is 49.4 Å². The number of benzene rings is 1. The summed E-state index contributed by atoms with van der Waals surface area (Å²) in [5.74, 6) is 3.20. The van der Waals surface area contributed by atoms with Gasteiger partial charge in [0.25, 0.3) is 5.91 Å². The molecule has 1 amide bonds. The van der Waals surface area contributed by atoms with Crippen LogP contribution in [-0.2, 0) is 0 Å². The second-order valence-electron chi connectivity index (χ2n) is 5.65. The van der Waals surface area contributed by atoms with Crippen LogP contribution in [0.2, 0.25) is 0 Å². The molecule has 21 heavy (non-hydrogen) atoms. The van der Waals surface area contributed by atoms with Crippen molar-refractivity contribution in [2.24, 2.45) is 11.8 Å². The number of nitrogens with one attached hydrogen (secondary N) is 2. The molecule has 0 spiro atoms. The van der Waals surface area contributed by atoms with Gasteiger partial charge in [0.05, 0.1) is 0 Å². The van der Waals surface area contributed by atoms with E-state index in [4.69, 9.17) is 5.84 Å². The predicted molar refractivity (Wildman–Crippen MR) is 77.7 cm³/mol. The number of hydrogen-bond donors (Lipinski definition) is 3. The van der Waals surface area contributed by atoms with Gasteiger partial charge in [0, 0.05) is 11.6 Å². The Morgan fingerprint density at radius 3 is 2.43 bits per heavy atom. The number of halogens is 2. The molecule has 0 bridgehead atoms. The number of anilines is 1. The molecule has 0 heterocycles. The highest BCUT2D eigenvalue weighted by molar-refractivity contribution is 5.94. The van der Waals surface area contributed by atoms with E-state index in [1.54, 1.807) is 0 Å². The molecule has 0 aromatic heterocycles. The molecular formula is C15H21F2N3O. The second kappa shape index (κ2) is 6.85. The van der Waals surface area contributed by atoms with Crippen LogP contribution < -0.4 is 16.6 Å². The van der Waals surface area contributed by atoms with Crippen molar-refractivity contribution in [3.05, 3.63) is 29.3 Å². The quantitative estimate of drug-likeness (QED) is 0.456. The van der Waals surface area contributed by atoms with Crippen molar-refractivity contribution in [2.45, 2.75) is 45.1 Å². The van der Waals surface area contributed by atoms with Crippen molar-refractivity contribution in [1.29, 1.82) is 0 Å². The summed E-state index contributed by atoms with van der Waals surface area (Å²) in [6, 6.07) is 2.04. The van der Waals surface area contributed by atoms with Crippen molar-refractivity contribution in [2.75, 3.05) is 5.43 Å². The largest absolute Gasteiger partial charge is 0.349 e. The second-order valence-corrected chi connectivity index (χ2v) is 5.65. The van der Waals surface area contributed by atoms with E-state index in [0.717, 1.165) is 44.2 Å². The summed E-state index contributed by atoms with van der Waals surface area (Å²) in [6.45, 7) is 2.10. The van der Waals surface area contributed by atoms with Gasteiger partial charge in [0.2, 0.25) is 0 Å². The zero-order valence-corrected chi connectivity index (χ0v) is 12.1. The first-order valence-corrected chi connectivity index (χ1v) is 7.29. The fraction of sp³-hybridized carbons (Fsp3) is 0.533. The van der Waals surface area contributed by atoms with Crippen LogP contribution in [0.15, 0.2) is 12.1 Å². The molecule has 2 rings (SSSR count). The SMILES string of the molecule is CC1CCCCCC1NC(=O)c1cc(F)c(NN)c(F)c1. The lowest BCUT2D eigenvalue weighted by Crippen LogP contribution is -2.39. The van der Waals surface area contributed by atoms with Gasteiger partial charge in [-0.25, -0.2) is 8.78 Å². The Labute approximate surface area is 123 Å². The summed E-state index contributed by atoms with van der Waals surface area (Å²) >= 11 is 0. The number of carbonyl (C=O) groups is 1. The maximum Gasteiger partial charge on any atom is 0.251 e. The molecule has 4 nitrogen and oxygen atoms in total. The maximum atomic E-state index is 13.6. The molecule has 116 valence electrons. The summed E-state index contributed by atoms with van der Waals surface area (Å²) < 4.78 is 27.3. The third kappa shape index (κ3) is 3.69. The standard InChI is InChI=1S/C15H21F2N3O/c1-9-5-3-2-4-6-13(9)19-15(21)10-7-11(16)14(20-18)12(17)8-10/h7-9,13,20H,2-6,18H2,1H3,(H,19,21). The number of nitrogens with two attached hydrogens (primary N) is 1. The molecule has 4 N–H and O–H groups in total. The van der Waals surface area contributed by atoms with Crippen LogP contribution in [0, 0.1) is 17.6 Å². The molecule has 1 aromatic rings. The third-order valence-electron chi connectivity index (χ3n) is 4.13. The number of nitrogen functional groups attached to an aromatic ring is 1. The molecule has 1 aliphatic carbocycles. The number of rotatable bonds is 3. The van der Waals surface area contributed by atoms with Gasteiger partial charge in [0.1, 0.15) is 5.69 Å². The molecule has 2 atom stereocenters. The molecule has 0 radical (unpaired) electrons. The Bertz CT molecular complexity index is 499. The molecule has 1 aliphatic rings. The monoisotopic (exact) mass is 297 g/mol. The Morgan fingerprint density at radius 1 is 1.19 bits per heavy atom. The minimum absolute atomic E-state index is 0.0274. The van der Waals surface area contributed by atoms with E-state index in [1.807, 2.05) is 5.43 Å². The minimum atomic E-state index is -0.878. The first kappa shape index (κ1) is 15.7. The average Bonchev–Trinajstić information content (AvgIpc) is 2.63. The normalized spacial score (nSPS) is 22.5. The number of hydrogen-bond acceptors (Lipinski definition) is 3. The van der Waals surface area contributed by atoms with Crippen LogP contribution >= 0.6 is 0 Å². The molecular weight excluding hydrogens is 276 g/mol. The van der Waals surface area contributed by atoms with Crippen molar-refractivity contribution in [3.63, 3.8) is 0 Å². The minimum Gasteiger partial charge on any atom is -0.349 e. The third-order valence-corrected chi connectivity index (χ3v) is 4.13. The highest BCUT2D eigenvalue weighted by atomic mass is 19.1. The molecule has 0 aliphatic heterocycles. The fourth-order valence-corrected chi connectivity index (χ4v) is 2.80. The molecule has 1 fully saturated rings. The lowest BCUT2D eigenvalue weighted by atomic mass is 9.96. The van der Waals surface area contributed by atoms with Crippen LogP contribution in [0.4, 0.5) is 14.5 Å². The van der Waals surface area contributed by atoms with Crippen molar-refractivity contribution in [1.82, 2.24) is 5.32 Å². The summed E-state index contributed by atoms with van der Waals surface area (Å²) in [5.41, 5.74) is 1.48. The molecule has 2 unspecified atom stereocenters. The molecule has 1 aromatic carbocycles. The van der Waals surface area contributed by atoms with E-state index in [1.165, 1.54) is 0 Å².